The summed E-state index contributed by atoms with van der Waals surface area (Å²) in [6.07, 6.45) is 6.39. The van der Waals surface area contributed by atoms with Gasteiger partial charge < -0.3 is 5.11 Å². The molecule has 1 rings (SSSR count). The van der Waals surface area contributed by atoms with Gasteiger partial charge >= 0.3 is 5.97 Å². The van der Waals surface area contributed by atoms with Crippen molar-refractivity contribution in [3.8, 4) is 0 Å². The van der Waals surface area contributed by atoms with Crippen molar-refractivity contribution in [2.24, 2.45) is 0 Å². The van der Waals surface area contributed by atoms with Gasteiger partial charge in [-0.2, -0.15) is 0 Å². The number of carbonyl (C=O) groups is 1. The minimum atomic E-state index is -0.929. The Labute approximate surface area is 115 Å². The molecule has 0 aliphatic rings. The number of hydrogen-bond acceptors (Lipinski definition) is 1. The summed E-state index contributed by atoms with van der Waals surface area (Å²) in [4.78, 5) is 10.4. The number of aryl methyl sites for hydroxylation is 2. The summed E-state index contributed by atoms with van der Waals surface area (Å²) in [6.45, 7) is 10.8. The molecular formula is C17H22O2. The Bertz CT molecular complexity index is 506. The zero-order chi connectivity index (χ0) is 14.6. The summed E-state index contributed by atoms with van der Waals surface area (Å²) >= 11 is 0. The van der Waals surface area contributed by atoms with Crippen LogP contribution in [0.3, 0.4) is 0 Å². The van der Waals surface area contributed by atoms with E-state index in [9.17, 15) is 4.79 Å². The number of allylic oxidation sites excluding steroid dienone is 2. The van der Waals surface area contributed by atoms with E-state index in [1.807, 2.05) is 6.08 Å². The van der Waals surface area contributed by atoms with Gasteiger partial charge in [0.2, 0.25) is 0 Å². The number of carboxylic acids is 1. The van der Waals surface area contributed by atoms with Crippen LogP contribution in [0.25, 0.3) is 6.08 Å². The lowest BCUT2D eigenvalue weighted by molar-refractivity contribution is -0.131. The van der Waals surface area contributed by atoms with E-state index in [1.165, 1.54) is 16.7 Å². The van der Waals surface area contributed by atoms with Crippen molar-refractivity contribution in [2.75, 3.05) is 0 Å². The second-order valence-corrected chi connectivity index (χ2v) is 5.83. The third-order valence-corrected chi connectivity index (χ3v) is 3.07. The van der Waals surface area contributed by atoms with Crippen LogP contribution in [-0.2, 0) is 10.2 Å². The first-order chi connectivity index (χ1) is 8.71. The number of aliphatic carboxylic acids is 1. The number of benzene rings is 1. The molecule has 0 amide bonds. The van der Waals surface area contributed by atoms with Crippen molar-refractivity contribution >= 4 is 12.0 Å². The topological polar surface area (TPSA) is 37.3 Å². The van der Waals surface area contributed by atoms with Crippen molar-refractivity contribution < 1.29 is 9.90 Å². The molecule has 0 bridgehead atoms. The normalized spacial score (nSPS) is 12.5. The fourth-order valence-electron chi connectivity index (χ4n) is 1.96. The van der Waals surface area contributed by atoms with Crippen LogP contribution in [0.1, 0.15) is 43.0 Å². The zero-order valence-corrected chi connectivity index (χ0v) is 12.3. The summed E-state index contributed by atoms with van der Waals surface area (Å²) in [7, 11) is 0. The molecule has 0 saturated heterocycles. The van der Waals surface area contributed by atoms with E-state index in [-0.39, 0.29) is 5.41 Å². The van der Waals surface area contributed by atoms with Gasteiger partial charge in [-0.3, -0.25) is 0 Å². The first-order valence-electron chi connectivity index (χ1n) is 6.41. The molecule has 0 radical (unpaired) electrons. The zero-order valence-electron chi connectivity index (χ0n) is 12.3. The molecule has 1 aromatic rings. The summed E-state index contributed by atoms with van der Waals surface area (Å²) in [5, 5.41) is 8.53. The van der Waals surface area contributed by atoms with Gasteiger partial charge in [-0.1, -0.05) is 51.1 Å². The smallest absolute Gasteiger partial charge is 0.328 e. The molecule has 1 N–H and O–H groups in total. The quantitative estimate of drug-likeness (QED) is 0.650. The standard InChI is InChI=1S/C17H22O2/c1-12-10-14(17(3,4)5)11-13(2)15(12)8-6-7-9-16(18)19/h6-11H,1-5H3,(H,18,19)/b8-6+,9-7+. The van der Waals surface area contributed by atoms with Crippen LogP contribution < -0.4 is 0 Å². The van der Waals surface area contributed by atoms with Crippen LogP contribution in [0, 0.1) is 13.8 Å². The summed E-state index contributed by atoms with van der Waals surface area (Å²) in [5.41, 5.74) is 5.04. The van der Waals surface area contributed by atoms with Crippen molar-refractivity contribution in [3.63, 3.8) is 0 Å². The lowest BCUT2D eigenvalue weighted by atomic mass is 9.84. The molecule has 0 aromatic heterocycles. The molecule has 0 fully saturated rings. The molecule has 0 atom stereocenters. The van der Waals surface area contributed by atoms with Gasteiger partial charge in [-0.25, -0.2) is 4.79 Å². The summed E-state index contributed by atoms with van der Waals surface area (Å²) in [5.74, 6) is -0.929. The monoisotopic (exact) mass is 258 g/mol. The van der Waals surface area contributed by atoms with Gasteiger partial charge in [-0.05, 0) is 41.5 Å². The van der Waals surface area contributed by atoms with Gasteiger partial charge in [-0.15, -0.1) is 0 Å². The van der Waals surface area contributed by atoms with E-state index in [2.05, 4.69) is 46.8 Å². The first-order valence-corrected chi connectivity index (χ1v) is 6.41. The molecule has 0 unspecified atom stereocenters. The van der Waals surface area contributed by atoms with Gasteiger partial charge in [0.1, 0.15) is 0 Å². The molecule has 102 valence electrons. The highest BCUT2D eigenvalue weighted by atomic mass is 16.4. The van der Waals surface area contributed by atoms with Crippen LogP contribution >= 0.6 is 0 Å². The van der Waals surface area contributed by atoms with Gasteiger partial charge in [0.05, 0.1) is 0 Å². The Morgan fingerprint density at radius 1 is 1.11 bits per heavy atom. The molecule has 0 saturated carbocycles. The highest BCUT2D eigenvalue weighted by Crippen LogP contribution is 2.27. The molecule has 0 spiro atoms. The minimum Gasteiger partial charge on any atom is -0.478 e. The van der Waals surface area contributed by atoms with E-state index < -0.39 is 5.97 Å². The Morgan fingerprint density at radius 3 is 2.05 bits per heavy atom. The Kier molecular flexibility index (Phi) is 4.71. The predicted octanol–water partition coefficient (Wildman–Crippen LogP) is 4.25. The summed E-state index contributed by atoms with van der Waals surface area (Å²) < 4.78 is 0. The third-order valence-electron chi connectivity index (χ3n) is 3.07. The number of rotatable bonds is 3. The van der Waals surface area contributed by atoms with Crippen LogP contribution in [0.2, 0.25) is 0 Å². The average molecular weight is 258 g/mol. The lowest BCUT2D eigenvalue weighted by Crippen LogP contribution is -2.12. The Balaban J connectivity index is 3.08. The van der Waals surface area contributed by atoms with Crippen molar-refractivity contribution in [2.45, 2.75) is 40.0 Å². The van der Waals surface area contributed by atoms with Gasteiger partial charge in [0.25, 0.3) is 0 Å². The van der Waals surface area contributed by atoms with Crippen molar-refractivity contribution in [1.82, 2.24) is 0 Å². The Morgan fingerprint density at radius 2 is 1.63 bits per heavy atom. The fourth-order valence-corrected chi connectivity index (χ4v) is 1.96. The molecule has 1 aromatic carbocycles. The maximum atomic E-state index is 10.4. The molecular weight excluding hydrogens is 236 g/mol. The summed E-state index contributed by atoms with van der Waals surface area (Å²) in [6, 6.07) is 4.40. The van der Waals surface area contributed by atoms with E-state index in [0.29, 0.717) is 0 Å². The average Bonchev–Trinajstić information content (AvgIpc) is 2.25. The molecule has 0 heterocycles. The lowest BCUT2D eigenvalue weighted by Gasteiger charge is -2.21. The van der Waals surface area contributed by atoms with Crippen molar-refractivity contribution in [3.05, 3.63) is 52.6 Å². The largest absolute Gasteiger partial charge is 0.478 e. The van der Waals surface area contributed by atoms with E-state index >= 15 is 0 Å². The maximum Gasteiger partial charge on any atom is 0.328 e. The highest BCUT2D eigenvalue weighted by Gasteiger charge is 2.15. The Hall–Kier alpha value is -1.83. The second-order valence-electron chi connectivity index (χ2n) is 5.83. The SMILES string of the molecule is Cc1cc(C(C)(C)C)cc(C)c1/C=C/C=C/C(=O)O. The van der Waals surface area contributed by atoms with Crippen LogP contribution in [0.15, 0.2) is 30.4 Å². The fraction of sp³-hybridized carbons (Fsp3) is 0.353. The first kappa shape index (κ1) is 15.2. The number of hydrogen-bond donors (Lipinski definition) is 1. The van der Waals surface area contributed by atoms with Gasteiger partial charge in [0.15, 0.2) is 0 Å². The molecule has 0 aliphatic carbocycles. The molecule has 19 heavy (non-hydrogen) atoms. The third kappa shape index (κ3) is 4.40. The van der Waals surface area contributed by atoms with E-state index in [0.717, 1.165) is 11.6 Å². The minimum absolute atomic E-state index is 0.140. The maximum absolute atomic E-state index is 10.4. The second kappa shape index (κ2) is 5.87. The molecule has 0 aliphatic heterocycles. The van der Waals surface area contributed by atoms with Crippen LogP contribution in [-0.4, -0.2) is 11.1 Å². The van der Waals surface area contributed by atoms with Crippen molar-refractivity contribution in [1.29, 1.82) is 0 Å². The highest BCUT2D eigenvalue weighted by molar-refractivity contribution is 5.80. The van der Waals surface area contributed by atoms with Gasteiger partial charge in [0, 0.05) is 6.08 Å². The molecule has 2 heteroatoms. The van der Waals surface area contributed by atoms with E-state index in [4.69, 9.17) is 5.11 Å². The molecule has 2 nitrogen and oxygen atoms in total. The van der Waals surface area contributed by atoms with Crippen LogP contribution in [0.4, 0.5) is 0 Å². The number of carboxylic acid groups (broad SMARTS) is 1. The van der Waals surface area contributed by atoms with E-state index in [1.54, 1.807) is 12.2 Å². The predicted molar refractivity (Wildman–Crippen MR) is 80.4 cm³/mol. The van der Waals surface area contributed by atoms with Crippen LogP contribution in [0.5, 0.6) is 0 Å².